The molecule has 0 aliphatic rings. The van der Waals surface area contributed by atoms with Crippen LogP contribution >= 0.6 is 0 Å². The van der Waals surface area contributed by atoms with Gasteiger partial charge in [0.2, 0.25) is 0 Å². The number of oxime groups is 1. The predicted octanol–water partition coefficient (Wildman–Crippen LogP) is 4.17. The summed E-state index contributed by atoms with van der Waals surface area (Å²) < 4.78 is 0. The van der Waals surface area contributed by atoms with E-state index in [2.05, 4.69) is 23.1 Å². The summed E-state index contributed by atoms with van der Waals surface area (Å²) in [5.74, 6) is 0.264. The summed E-state index contributed by atoms with van der Waals surface area (Å²) in [4.78, 5) is 4.21. The van der Waals surface area contributed by atoms with Gasteiger partial charge in [-0.25, -0.2) is 0 Å². The molecule has 0 unspecified atom stereocenters. The molecule has 2 aromatic carbocycles. The molecule has 4 N–H and O–H groups in total. The Hall–Kier alpha value is -3.34. The van der Waals surface area contributed by atoms with Crippen molar-refractivity contribution in [2.24, 2.45) is 10.9 Å². The van der Waals surface area contributed by atoms with Gasteiger partial charge in [-0.05, 0) is 47.4 Å². The van der Waals surface area contributed by atoms with Crippen molar-refractivity contribution in [1.29, 1.82) is 0 Å². The average Bonchev–Trinajstić information content (AvgIpc) is 2.68. The summed E-state index contributed by atoms with van der Waals surface area (Å²) in [6.45, 7) is 2.11. The maximum atomic E-state index is 9.63. The summed E-state index contributed by atoms with van der Waals surface area (Å²) in [5, 5.41) is 22.1. The predicted molar refractivity (Wildman–Crippen MR) is 103 cm³/mol. The summed E-state index contributed by atoms with van der Waals surface area (Å²) in [5.41, 5.74) is 11.4. The van der Waals surface area contributed by atoms with E-state index in [-0.39, 0.29) is 11.6 Å². The summed E-state index contributed by atoms with van der Waals surface area (Å²) >= 11 is 0. The molecule has 0 aliphatic heterocycles. The van der Waals surface area contributed by atoms with Gasteiger partial charge < -0.3 is 16.0 Å². The van der Waals surface area contributed by atoms with Crippen molar-refractivity contribution >= 4 is 5.84 Å². The lowest BCUT2D eigenvalue weighted by molar-refractivity contribution is 0.318. The number of hydrogen-bond donors (Lipinski definition) is 3. The molecule has 0 saturated heterocycles. The second-order valence-electron chi connectivity index (χ2n) is 6.09. The maximum absolute atomic E-state index is 9.63. The number of rotatable bonds is 5. The topological polar surface area (TPSA) is 91.7 Å². The van der Waals surface area contributed by atoms with Crippen LogP contribution in [0, 0.1) is 0 Å². The fourth-order valence-corrected chi connectivity index (χ4v) is 3.08. The number of phenolic OH excluding ortho intramolecular Hbond substituents is 1. The van der Waals surface area contributed by atoms with E-state index in [4.69, 9.17) is 5.73 Å². The van der Waals surface area contributed by atoms with Crippen LogP contribution in [0.2, 0.25) is 0 Å². The van der Waals surface area contributed by atoms with Crippen LogP contribution in [0.25, 0.3) is 22.3 Å². The molecular formula is C21H21N3O2. The van der Waals surface area contributed by atoms with E-state index in [1.165, 1.54) is 0 Å². The number of amidine groups is 1. The van der Waals surface area contributed by atoms with Crippen LogP contribution in [0.1, 0.15) is 24.5 Å². The Morgan fingerprint density at radius 2 is 1.88 bits per heavy atom. The van der Waals surface area contributed by atoms with Crippen LogP contribution in [0.5, 0.6) is 5.75 Å². The van der Waals surface area contributed by atoms with Crippen LogP contribution in [0.3, 0.4) is 0 Å². The number of aryl methyl sites for hydroxylation is 1. The highest BCUT2D eigenvalue weighted by Crippen LogP contribution is 2.36. The first kappa shape index (κ1) is 17.5. The Labute approximate surface area is 152 Å². The first-order valence-electron chi connectivity index (χ1n) is 8.48. The van der Waals surface area contributed by atoms with Gasteiger partial charge in [-0.3, -0.25) is 4.98 Å². The summed E-state index contributed by atoms with van der Waals surface area (Å²) in [6, 6.07) is 14.9. The Morgan fingerprint density at radius 1 is 1.12 bits per heavy atom. The van der Waals surface area contributed by atoms with Gasteiger partial charge in [-0.1, -0.05) is 42.8 Å². The molecule has 5 nitrogen and oxygen atoms in total. The number of hydrogen-bond acceptors (Lipinski definition) is 4. The molecule has 0 bridgehead atoms. The minimum Gasteiger partial charge on any atom is -0.508 e. The summed E-state index contributed by atoms with van der Waals surface area (Å²) in [6.07, 6.45) is 5.33. The van der Waals surface area contributed by atoms with Crippen molar-refractivity contribution in [3.05, 3.63) is 72.1 Å². The minimum absolute atomic E-state index is 0.0573. The van der Waals surface area contributed by atoms with Crippen LogP contribution < -0.4 is 5.73 Å². The first-order valence-corrected chi connectivity index (χ1v) is 8.48. The normalized spacial score (nSPS) is 11.5. The quantitative estimate of drug-likeness (QED) is 0.279. The van der Waals surface area contributed by atoms with Gasteiger partial charge in [0, 0.05) is 29.1 Å². The Morgan fingerprint density at radius 3 is 2.50 bits per heavy atom. The maximum Gasteiger partial charge on any atom is 0.170 e. The minimum atomic E-state index is 0.0573. The van der Waals surface area contributed by atoms with E-state index in [0.29, 0.717) is 5.56 Å². The number of aromatic hydroxyl groups is 1. The number of nitrogens with two attached hydrogens (primary N) is 1. The van der Waals surface area contributed by atoms with Crippen molar-refractivity contribution in [2.45, 2.75) is 19.8 Å². The van der Waals surface area contributed by atoms with Gasteiger partial charge in [0.1, 0.15) is 5.75 Å². The first-order chi connectivity index (χ1) is 12.6. The standard InChI is InChI=1S/C21H21N3O2/c1-2-4-14-11-18(15-6-8-17(25)9-7-15)20(16-5-3-10-23-13-16)19(12-14)21(22)24-26/h3,5-13,25-26H,2,4H2,1H3,(H2,22,24). The van der Waals surface area contributed by atoms with E-state index < -0.39 is 0 Å². The SMILES string of the molecule is CCCc1cc(/C(N)=N/O)c(-c2cccnc2)c(-c2ccc(O)cc2)c1. The zero-order valence-electron chi connectivity index (χ0n) is 14.6. The molecule has 1 heterocycles. The second-order valence-corrected chi connectivity index (χ2v) is 6.09. The van der Waals surface area contributed by atoms with Crippen molar-refractivity contribution in [3.8, 4) is 28.0 Å². The molecule has 0 spiro atoms. The van der Waals surface area contributed by atoms with Crippen molar-refractivity contribution in [3.63, 3.8) is 0 Å². The lowest BCUT2D eigenvalue weighted by Crippen LogP contribution is -2.15. The van der Waals surface area contributed by atoms with Crippen LogP contribution in [0.15, 0.2) is 66.1 Å². The molecule has 0 radical (unpaired) electrons. The molecule has 3 rings (SSSR count). The highest BCUT2D eigenvalue weighted by molar-refractivity contribution is 6.06. The van der Waals surface area contributed by atoms with Crippen LogP contribution in [0.4, 0.5) is 0 Å². The van der Waals surface area contributed by atoms with Gasteiger partial charge in [0.15, 0.2) is 5.84 Å². The average molecular weight is 347 g/mol. The fourth-order valence-electron chi connectivity index (χ4n) is 3.08. The Kier molecular flexibility index (Phi) is 5.17. The molecule has 0 saturated carbocycles. The van der Waals surface area contributed by atoms with E-state index in [0.717, 1.165) is 40.7 Å². The fraction of sp³-hybridized carbons (Fsp3) is 0.143. The van der Waals surface area contributed by atoms with Crippen LogP contribution in [-0.4, -0.2) is 21.1 Å². The van der Waals surface area contributed by atoms with Gasteiger partial charge in [-0.15, -0.1) is 0 Å². The van der Waals surface area contributed by atoms with E-state index in [1.807, 2.05) is 30.3 Å². The van der Waals surface area contributed by atoms with Crippen molar-refractivity contribution < 1.29 is 10.3 Å². The lowest BCUT2D eigenvalue weighted by Gasteiger charge is -2.17. The number of aromatic nitrogens is 1. The number of phenols is 1. The van der Waals surface area contributed by atoms with Crippen LogP contribution in [-0.2, 0) is 6.42 Å². The molecular weight excluding hydrogens is 326 g/mol. The third-order valence-corrected chi connectivity index (χ3v) is 4.25. The molecule has 132 valence electrons. The highest BCUT2D eigenvalue weighted by Gasteiger charge is 2.17. The summed E-state index contributed by atoms with van der Waals surface area (Å²) in [7, 11) is 0. The molecule has 0 amide bonds. The zero-order valence-corrected chi connectivity index (χ0v) is 14.6. The molecule has 0 fully saturated rings. The van der Waals surface area contributed by atoms with Crippen molar-refractivity contribution in [1.82, 2.24) is 4.98 Å². The number of nitrogens with zero attached hydrogens (tertiary/aromatic N) is 2. The molecule has 3 aromatic rings. The monoisotopic (exact) mass is 347 g/mol. The number of benzene rings is 2. The van der Waals surface area contributed by atoms with E-state index in [1.54, 1.807) is 24.5 Å². The Bertz CT molecular complexity index is 920. The number of pyridine rings is 1. The van der Waals surface area contributed by atoms with Crippen molar-refractivity contribution in [2.75, 3.05) is 0 Å². The smallest absolute Gasteiger partial charge is 0.170 e. The third kappa shape index (κ3) is 3.52. The molecule has 1 aromatic heterocycles. The third-order valence-electron chi connectivity index (χ3n) is 4.25. The molecule has 26 heavy (non-hydrogen) atoms. The highest BCUT2D eigenvalue weighted by atomic mass is 16.4. The zero-order chi connectivity index (χ0) is 18.5. The molecule has 0 atom stereocenters. The van der Waals surface area contributed by atoms with E-state index >= 15 is 0 Å². The van der Waals surface area contributed by atoms with Gasteiger partial charge >= 0.3 is 0 Å². The van der Waals surface area contributed by atoms with Gasteiger partial charge in [-0.2, -0.15) is 0 Å². The van der Waals surface area contributed by atoms with E-state index in [9.17, 15) is 10.3 Å². The molecule has 0 aliphatic carbocycles. The Balaban J connectivity index is 2.35. The molecule has 5 heteroatoms. The largest absolute Gasteiger partial charge is 0.508 e. The van der Waals surface area contributed by atoms with Gasteiger partial charge in [0.05, 0.1) is 0 Å². The van der Waals surface area contributed by atoms with Gasteiger partial charge in [0.25, 0.3) is 0 Å². The second kappa shape index (κ2) is 7.70. The lowest BCUT2D eigenvalue weighted by atomic mass is 9.88.